The van der Waals surface area contributed by atoms with Crippen LogP contribution in [0.5, 0.6) is 6.01 Å². The van der Waals surface area contributed by atoms with Gasteiger partial charge in [0.05, 0.1) is 0 Å². The van der Waals surface area contributed by atoms with Gasteiger partial charge in [-0.25, -0.2) is 9.97 Å². The number of halogens is 1. The molecule has 2 heterocycles. The van der Waals surface area contributed by atoms with Crippen molar-refractivity contribution in [1.82, 2.24) is 15.3 Å². The van der Waals surface area contributed by atoms with E-state index >= 15 is 0 Å². The molecule has 0 saturated heterocycles. The average Bonchev–Trinajstić information content (AvgIpc) is 2.95. The summed E-state index contributed by atoms with van der Waals surface area (Å²) in [4.78, 5) is 20.7. The molecule has 128 valence electrons. The van der Waals surface area contributed by atoms with Gasteiger partial charge < -0.3 is 14.5 Å². The van der Waals surface area contributed by atoms with Crippen LogP contribution in [0.4, 0.5) is 0 Å². The second-order valence-electron chi connectivity index (χ2n) is 6.10. The van der Waals surface area contributed by atoms with Gasteiger partial charge in [0.1, 0.15) is 6.10 Å². The minimum atomic E-state index is -0.178. The molecule has 0 unspecified atom stereocenters. The molecule has 2 aromatic rings. The van der Waals surface area contributed by atoms with E-state index in [0.29, 0.717) is 16.4 Å². The number of nitrogens with one attached hydrogen (secondary N) is 1. The van der Waals surface area contributed by atoms with Crippen LogP contribution in [0, 0.1) is 13.8 Å². The average molecular weight is 394 g/mol. The summed E-state index contributed by atoms with van der Waals surface area (Å²) in [5.74, 6) is 0.145. The van der Waals surface area contributed by atoms with Crippen LogP contribution >= 0.6 is 15.9 Å². The Balaban J connectivity index is 1.49. The normalized spacial score (nSPS) is 20.6. The van der Waals surface area contributed by atoms with Crippen molar-refractivity contribution in [2.24, 2.45) is 0 Å². The second-order valence-corrected chi connectivity index (χ2v) is 6.88. The first-order valence-corrected chi connectivity index (χ1v) is 8.84. The molecule has 24 heavy (non-hydrogen) atoms. The molecule has 1 saturated carbocycles. The van der Waals surface area contributed by atoms with Gasteiger partial charge in [0.15, 0.2) is 10.4 Å². The highest BCUT2D eigenvalue weighted by molar-refractivity contribution is 9.10. The third-order valence-electron chi connectivity index (χ3n) is 4.04. The van der Waals surface area contributed by atoms with Crippen LogP contribution in [0.1, 0.15) is 47.6 Å². The number of aromatic nitrogens is 2. The molecule has 1 N–H and O–H groups in total. The lowest BCUT2D eigenvalue weighted by molar-refractivity contribution is 0.0857. The molecule has 2 aromatic heterocycles. The summed E-state index contributed by atoms with van der Waals surface area (Å²) in [6.07, 6.45) is 3.55. The summed E-state index contributed by atoms with van der Waals surface area (Å²) >= 11 is 3.20. The third kappa shape index (κ3) is 4.35. The molecule has 3 rings (SSSR count). The maximum atomic E-state index is 12.1. The van der Waals surface area contributed by atoms with Crippen LogP contribution < -0.4 is 10.1 Å². The van der Waals surface area contributed by atoms with E-state index in [1.54, 1.807) is 12.1 Å². The minimum absolute atomic E-state index is 0.0945. The van der Waals surface area contributed by atoms with Crippen LogP contribution in [0.2, 0.25) is 0 Å². The van der Waals surface area contributed by atoms with Crippen molar-refractivity contribution in [3.8, 4) is 6.01 Å². The Labute approximate surface area is 149 Å². The van der Waals surface area contributed by atoms with Crippen molar-refractivity contribution in [3.05, 3.63) is 40.0 Å². The second kappa shape index (κ2) is 7.34. The van der Waals surface area contributed by atoms with E-state index in [1.807, 2.05) is 19.9 Å². The molecule has 1 fully saturated rings. The van der Waals surface area contributed by atoms with Crippen LogP contribution in [0.3, 0.4) is 0 Å². The molecule has 1 amide bonds. The summed E-state index contributed by atoms with van der Waals surface area (Å²) in [6, 6.07) is 5.88. The first kappa shape index (κ1) is 17.0. The maximum absolute atomic E-state index is 12.1. The quantitative estimate of drug-likeness (QED) is 0.858. The fourth-order valence-corrected chi connectivity index (χ4v) is 3.22. The monoisotopic (exact) mass is 393 g/mol. The zero-order chi connectivity index (χ0) is 17.1. The number of amides is 1. The molecule has 0 spiro atoms. The van der Waals surface area contributed by atoms with Crippen LogP contribution in [-0.4, -0.2) is 28.0 Å². The lowest BCUT2D eigenvalue weighted by atomic mass is 9.93. The SMILES string of the molecule is Cc1cc(C)nc(OC2CCC(NC(=O)c3ccc(Br)o3)CC2)n1. The van der Waals surface area contributed by atoms with Crippen molar-refractivity contribution >= 4 is 21.8 Å². The summed E-state index contributed by atoms with van der Waals surface area (Å²) < 4.78 is 11.7. The molecule has 1 aliphatic rings. The fraction of sp³-hybridized carbons (Fsp3) is 0.471. The number of ether oxygens (including phenoxy) is 1. The maximum Gasteiger partial charge on any atom is 0.317 e. The highest BCUT2D eigenvalue weighted by atomic mass is 79.9. The Morgan fingerprint density at radius 1 is 1.21 bits per heavy atom. The van der Waals surface area contributed by atoms with Gasteiger partial charge in [-0.05, 0) is 73.7 Å². The van der Waals surface area contributed by atoms with Gasteiger partial charge in [-0.1, -0.05) is 0 Å². The molecule has 0 aliphatic heterocycles. The van der Waals surface area contributed by atoms with Gasteiger partial charge in [0.25, 0.3) is 5.91 Å². The molecule has 0 atom stereocenters. The number of hydrogen-bond acceptors (Lipinski definition) is 5. The van der Waals surface area contributed by atoms with Crippen molar-refractivity contribution < 1.29 is 13.9 Å². The molecule has 0 bridgehead atoms. The lowest BCUT2D eigenvalue weighted by Crippen LogP contribution is -2.39. The summed E-state index contributed by atoms with van der Waals surface area (Å²) in [7, 11) is 0. The van der Waals surface area contributed by atoms with Crippen LogP contribution in [0.25, 0.3) is 0 Å². The zero-order valence-electron chi connectivity index (χ0n) is 13.7. The highest BCUT2D eigenvalue weighted by Gasteiger charge is 2.25. The molecular weight excluding hydrogens is 374 g/mol. The predicted molar refractivity (Wildman–Crippen MR) is 92.1 cm³/mol. The number of hydrogen-bond donors (Lipinski definition) is 1. The lowest BCUT2D eigenvalue weighted by Gasteiger charge is -2.28. The van der Waals surface area contributed by atoms with Crippen molar-refractivity contribution in [2.75, 3.05) is 0 Å². The zero-order valence-corrected chi connectivity index (χ0v) is 15.3. The van der Waals surface area contributed by atoms with Crippen LogP contribution in [-0.2, 0) is 0 Å². The van der Waals surface area contributed by atoms with Crippen molar-refractivity contribution in [2.45, 2.75) is 51.7 Å². The Morgan fingerprint density at radius 3 is 2.46 bits per heavy atom. The number of furan rings is 1. The van der Waals surface area contributed by atoms with Gasteiger partial charge >= 0.3 is 6.01 Å². The van der Waals surface area contributed by atoms with Gasteiger partial charge in [-0.3, -0.25) is 4.79 Å². The Hall–Kier alpha value is -1.89. The van der Waals surface area contributed by atoms with E-state index in [2.05, 4.69) is 31.2 Å². The van der Waals surface area contributed by atoms with Crippen molar-refractivity contribution in [3.63, 3.8) is 0 Å². The van der Waals surface area contributed by atoms with Gasteiger partial charge in [0, 0.05) is 17.4 Å². The molecule has 0 radical (unpaired) electrons. The van der Waals surface area contributed by atoms with Crippen molar-refractivity contribution in [1.29, 1.82) is 0 Å². The fourth-order valence-electron chi connectivity index (χ4n) is 2.91. The van der Waals surface area contributed by atoms with Crippen LogP contribution in [0.15, 0.2) is 27.3 Å². The Kier molecular flexibility index (Phi) is 5.18. The number of rotatable bonds is 4. The summed E-state index contributed by atoms with van der Waals surface area (Å²) in [5, 5.41) is 3.01. The first-order chi connectivity index (χ1) is 11.5. The highest BCUT2D eigenvalue weighted by Crippen LogP contribution is 2.23. The van der Waals surface area contributed by atoms with Gasteiger partial charge in [0.2, 0.25) is 0 Å². The molecule has 0 aromatic carbocycles. The molecule has 1 aliphatic carbocycles. The largest absolute Gasteiger partial charge is 0.460 e. The van der Waals surface area contributed by atoms with E-state index in [9.17, 15) is 4.79 Å². The summed E-state index contributed by atoms with van der Waals surface area (Å²) in [5.41, 5.74) is 1.81. The van der Waals surface area contributed by atoms with E-state index in [0.717, 1.165) is 37.1 Å². The van der Waals surface area contributed by atoms with Gasteiger partial charge in [-0.15, -0.1) is 0 Å². The number of carbonyl (C=O) groups is 1. The smallest absolute Gasteiger partial charge is 0.317 e. The van der Waals surface area contributed by atoms with E-state index < -0.39 is 0 Å². The van der Waals surface area contributed by atoms with Gasteiger partial charge in [-0.2, -0.15) is 0 Å². The number of aryl methyl sites for hydroxylation is 2. The molecular formula is C17H20BrN3O3. The third-order valence-corrected chi connectivity index (χ3v) is 4.47. The number of carbonyl (C=O) groups excluding carboxylic acids is 1. The Morgan fingerprint density at radius 2 is 1.88 bits per heavy atom. The number of nitrogens with zero attached hydrogens (tertiary/aromatic N) is 2. The van der Waals surface area contributed by atoms with E-state index in [1.165, 1.54) is 0 Å². The Bertz CT molecular complexity index is 703. The predicted octanol–water partition coefficient (Wildman–Crippen LogP) is 3.57. The van der Waals surface area contributed by atoms with E-state index in [4.69, 9.17) is 9.15 Å². The summed E-state index contributed by atoms with van der Waals surface area (Å²) in [6.45, 7) is 3.86. The molecule has 6 nitrogen and oxygen atoms in total. The minimum Gasteiger partial charge on any atom is -0.460 e. The topological polar surface area (TPSA) is 77.2 Å². The molecule has 7 heteroatoms. The first-order valence-electron chi connectivity index (χ1n) is 8.05. The standard InChI is InChI=1S/C17H20BrN3O3/c1-10-9-11(2)20-17(19-10)23-13-5-3-12(4-6-13)21-16(22)14-7-8-15(18)24-14/h7-9,12-13H,3-6H2,1-2H3,(H,21,22). The van der Waals surface area contributed by atoms with E-state index in [-0.39, 0.29) is 18.1 Å².